The number of aromatic nitrogens is 4. The summed E-state index contributed by atoms with van der Waals surface area (Å²) in [5.74, 6) is 0.877. The number of H-pyrrole nitrogens is 1. The Labute approximate surface area is 231 Å². The average molecular weight is 599 g/mol. The zero-order valence-corrected chi connectivity index (χ0v) is 24.2. The van der Waals surface area contributed by atoms with Crippen molar-refractivity contribution in [3.05, 3.63) is 57.4 Å². The fourth-order valence-corrected chi connectivity index (χ4v) is 7.26. The smallest absolute Gasteiger partial charge is 0.213 e. The van der Waals surface area contributed by atoms with E-state index in [2.05, 4.69) is 79.2 Å². The molecule has 0 amide bonds. The molecule has 0 radical (unpaired) electrons. The van der Waals surface area contributed by atoms with Crippen LogP contribution in [0.15, 0.2) is 34.9 Å². The molecular formula is C27H32BrN7O2S. The Kier molecular flexibility index (Phi) is 6.58. The van der Waals surface area contributed by atoms with Crippen molar-refractivity contribution in [2.45, 2.75) is 46.2 Å². The van der Waals surface area contributed by atoms with Crippen LogP contribution in [0, 0.1) is 13.8 Å². The number of hydrogen-bond donors (Lipinski definition) is 3. The first kappa shape index (κ1) is 25.5. The second-order valence-corrected chi connectivity index (χ2v) is 13.3. The third-order valence-electron chi connectivity index (χ3n) is 7.75. The highest BCUT2D eigenvalue weighted by molar-refractivity contribution is 9.10. The van der Waals surface area contributed by atoms with Crippen LogP contribution in [-0.4, -0.2) is 63.7 Å². The van der Waals surface area contributed by atoms with Gasteiger partial charge in [-0.1, -0.05) is 6.07 Å². The molecule has 2 aliphatic rings. The minimum atomic E-state index is -3.20. The van der Waals surface area contributed by atoms with Gasteiger partial charge in [0.15, 0.2) is 5.65 Å². The molecule has 0 saturated carbocycles. The molecule has 200 valence electrons. The largest absolute Gasteiger partial charge is 0.378 e. The van der Waals surface area contributed by atoms with Gasteiger partial charge in [0.25, 0.3) is 0 Å². The SMILES string of the molecule is CCS(=O)(=O)N1CC[C@H](Nc2c(Br)cnc3nc(-c4cc(C)n(-c5ccc6c(c5)CNCC6)c4C)[nH]c23)C1. The van der Waals surface area contributed by atoms with Crippen LogP contribution >= 0.6 is 15.9 Å². The first-order valence-electron chi connectivity index (χ1n) is 13.1. The molecule has 1 fully saturated rings. The first-order valence-corrected chi connectivity index (χ1v) is 15.5. The molecule has 2 aliphatic heterocycles. The highest BCUT2D eigenvalue weighted by atomic mass is 79.9. The standard InChI is InChI=1S/C27H32BrN7O2S/c1-4-38(36,37)34-10-8-20(15-34)31-24-23(28)14-30-27-25(24)32-26(33-27)22-11-16(2)35(17(22)3)21-6-5-18-7-9-29-13-19(18)12-21/h5-6,11-12,14,20,29H,4,7-10,13,15H2,1-3H3,(H2,30,31,32,33)/t20-/m0/s1. The van der Waals surface area contributed by atoms with E-state index in [1.54, 1.807) is 17.4 Å². The van der Waals surface area contributed by atoms with Crippen LogP contribution in [0.4, 0.5) is 5.69 Å². The fourth-order valence-electron chi connectivity index (χ4n) is 5.69. The Morgan fingerprint density at radius 2 is 2.05 bits per heavy atom. The van der Waals surface area contributed by atoms with E-state index in [1.807, 2.05) is 0 Å². The molecular weight excluding hydrogens is 566 g/mol. The zero-order chi connectivity index (χ0) is 26.6. The van der Waals surface area contributed by atoms with Crippen molar-refractivity contribution in [2.75, 3.05) is 30.7 Å². The summed E-state index contributed by atoms with van der Waals surface area (Å²) in [7, 11) is -3.20. The van der Waals surface area contributed by atoms with Crippen LogP contribution in [0.3, 0.4) is 0 Å². The van der Waals surface area contributed by atoms with Gasteiger partial charge in [0.2, 0.25) is 10.0 Å². The summed E-state index contributed by atoms with van der Waals surface area (Å²) in [5.41, 5.74) is 9.47. The molecule has 0 spiro atoms. The molecule has 5 heterocycles. The van der Waals surface area contributed by atoms with Gasteiger partial charge in [0.05, 0.1) is 15.9 Å². The Morgan fingerprint density at radius 3 is 2.87 bits per heavy atom. The second-order valence-electron chi connectivity index (χ2n) is 10.2. The number of imidazole rings is 1. The highest BCUT2D eigenvalue weighted by Crippen LogP contribution is 2.35. The predicted molar refractivity (Wildman–Crippen MR) is 154 cm³/mol. The topological polar surface area (TPSA) is 108 Å². The first-order chi connectivity index (χ1) is 18.2. The van der Waals surface area contributed by atoms with Crippen LogP contribution in [0.1, 0.15) is 35.9 Å². The Morgan fingerprint density at radius 1 is 1.21 bits per heavy atom. The van der Waals surface area contributed by atoms with E-state index in [-0.39, 0.29) is 11.8 Å². The van der Waals surface area contributed by atoms with E-state index < -0.39 is 10.0 Å². The molecule has 4 aromatic rings. The Hall–Kier alpha value is -2.73. The molecule has 3 aromatic heterocycles. The van der Waals surface area contributed by atoms with Crippen molar-refractivity contribution in [1.82, 2.24) is 29.1 Å². The van der Waals surface area contributed by atoms with E-state index in [9.17, 15) is 8.42 Å². The van der Waals surface area contributed by atoms with Crippen molar-refractivity contribution in [3.63, 3.8) is 0 Å². The van der Waals surface area contributed by atoms with Crippen molar-refractivity contribution in [1.29, 1.82) is 0 Å². The third kappa shape index (κ3) is 4.45. The molecule has 38 heavy (non-hydrogen) atoms. The number of pyridine rings is 1. The number of halogens is 1. The van der Waals surface area contributed by atoms with Gasteiger partial charge in [-0.2, -0.15) is 4.31 Å². The number of nitrogens with one attached hydrogen (secondary N) is 3. The summed E-state index contributed by atoms with van der Waals surface area (Å²) in [6, 6.07) is 8.91. The molecule has 3 N–H and O–H groups in total. The maximum absolute atomic E-state index is 12.3. The molecule has 1 saturated heterocycles. The molecule has 11 heteroatoms. The lowest BCUT2D eigenvalue weighted by molar-refractivity contribution is 0.476. The summed E-state index contributed by atoms with van der Waals surface area (Å²) in [6.07, 6.45) is 3.55. The van der Waals surface area contributed by atoms with Crippen LogP contribution < -0.4 is 10.6 Å². The number of fused-ring (bicyclic) bond motifs is 2. The van der Waals surface area contributed by atoms with Crippen molar-refractivity contribution in [3.8, 4) is 17.1 Å². The van der Waals surface area contributed by atoms with Crippen LogP contribution in [0.25, 0.3) is 28.2 Å². The van der Waals surface area contributed by atoms with Gasteiger partial charge in [-0.15, -0.1) is 0 Å². The van der Waals surface area contributed by atoms with Crippen molar-refractivity contribution in [2.24, 2.45) is 0 Å². The molecule has 0 unspecified atom stereocenters. The molecule has 1 aromatic carbocycles. The van der Waals surface area contributed by atoms with Gasteiger partial charge in [0, 0.05) is 54.5 Å². The second kappa shape index (κ2) is 9.78. The van der Waals surface area contributed by atoms with Crippen LogP contribution in [-0.2, 0) is 23.0 Å². The summed E-state index contributed by atoms with van der Waals surface area (Å²) in [5, 5.41) is 7.02. The number of benzene rings is 1. The number of aryl methyl sites for hydroxylation is 1. The number of hydrogen-bond acceptors (Lipinski definition) is 6. The molecule has 9 nitrogen and oxygen atoms in total. The van der Waals surface area contributed by atoms with E-state index in [0.717, 1.165) is 70.1 Å². The quantitative estimate of drug-likeness (QED) is 0.306. The molecule has 0 bridgehead atoms. The number of anilines is 1. The Balaban J connectivity index is 1.33. The normalized spacial score (nSPS) is 18.3. The van der Waals surface area contributed by atoms with Crippen molar-refractivity contribution < 1.29 is 8.42 Å². The van der Waals surface area contributed by atoms with Gasteiger partial charge in [-0.3, -0.25) is 0 Å². The zero-order valence-electron chi connectivity index (χ0n) is 21.8. The number of aromatic amines is 1. The van der Waals surface area contributed by atoms with E-state index in [4.69, 9.17) is 4.98 Å². The lowest BCUT2D eigenvalue weighted by Crippen LogP contribution is -2.32. The lowest BCUT2D eigenvalue weighted by Gasteiger charge is -2.19. The van der Waals surface area contributed by atoms with Gasteiger partial charge in [-0.05, 0) is 85.4 Å². The number of sulfonamides is 1. The number of rotatable bonds is 6. The summed E-state index contributed by atoms with van der Waals surface area (Å²) in [4.78, 5) is 12.9. The van der Waals surface area contributed by atoms with Gasteiger partial charge in [-0.25, -0.2) is 18.4 Å². The van der Waals surface area contributed by atoms with Gasteiger partial charge in [0.1, 0.15) is 11.3 Å². The summed E-state index contributed by atoms with van der Waals surface area (Å²) < 4.78 is 29.3. The molecule has 6 rings (SSSR count). The van der Waals surface area contributed by atoms with E-state index in [0.29, 0.717) is 18.7 Å². The highest BCUT2D eigenvalue weighted by Gasteiger charge is 2.31. The monoisotopic (exact) mass is 597 g/mol. The fraction of sp³-hybridized carbons (Fsp3) is 0.407. The number of nitrogens with zero attached hydrogens (tertiary/aromatic N) is 4. The minimum absolute atomic E-state index is 0.00791. The maximum atomic E-state index is 12.3. The maximum Gasteiger partial charge on any atom is 0.213 e. The summed E-state index contributed by atoms with van der Waals surface area (Å²) in [6.45, 7) is 8.83. The average Bonchev–Trinajstić information content (AvgIpc) is 3.63. The van der Waals surface area contributed by atoms with Crippen molar-refractivity contribution >= 4 is 42.8 Å². The molecule has 1 atom stereocenters. The van der Waals surface area contributed by atoms with Gasteiger partial charge < -0.3 is 20.2 Å². The van der Waals surface area contributed by atoms with Crippen LogP contribution in [0.2, 0.25) is 0 Å². The van der Waals surface area contributed by atoms with E-state index >= 15 is 0 Å². The summed E-state index contributed by atoms with van der Waals surface area (Å²) >= 11 is 3.64. The molecule has 0 aliphatic carbocycles. The lowest BCUT2D eigenvalue weighted by atomic mass is 10.0. The van der Waals surface area contributed by atoms with Gasteiger partial charge >= 0.3 is 0 Å². The minimum Gasteiger partial charge on any atom is -0.378 e. The predicted octanol–water partition coefficient (Wildman–Crippen LogP) is 4.28. The van der Waals surface area contributed by atoms with E-state index in [1.165, 1.54) is 11.1 Å². The van der Waals surface area contributed by atoms with Crippen LogP contribution in [0.5, 0.6) is 0 Å². The third-order valence-corrected chi connectivity index (χ3v) is 10.2. The Bertz CT molecular complexity index is 1640.